The molecule has 0 fully saturated rings. The average molecular weight is 325 g/mol. The van der Waals surface area contributed by atoms with E-state index in [0.717, 1.165) is 16.8 Å². The normalized spacial score (nSPS) is 11.1. The molecule has 0 aliphatic heterocycles. The van der Waals surface area contributed by atoms with Crippen molar-refractivity contribution in [1.82, 2.24) is 0 Å². The Balaban J connectivity index is 2.24. The van der Waals surface area contributed by atoms with E-state index in [1.165, 1.54) is 0 Å². The van der Waals surface area contributed by atoms with Gasteiger partial charge in [-0.3, -0.25) is 4.99 Å². The summed E-state index contributed by atoms with van der Waals surface area (Å²) in [4.78, 5) is 4.34. The second kappa shape index (κ2) is 5.55. The number of benzene rings is 2. The molecule has 2 nitrogen and oxygen atoms in total. The Morgan fingerprint density at radius 1 is 1.22 bits per heavy atom. The van der Waals surface area contributed by atoms with E-state index in [0.29, 0.717) is 9.50 Å². The van der Waals surface area contributed by atoms with Gasteiger partial charge in [0.1, 0.15) is 5.75 Å². The quantitative estimate of drug-likeness (QED) is 0.786. The highest BCUT2D eigenvalue weighted by atomic mass is 79.9. The Morgan fingerprint density at radius 3 is 2.67 bits per heavy atom. The Morgan fingerprint density at radius 2 is 2.00 bits per heavy atom. The molecule has 0 aliphatic rings. The number of hydrogen-bond acceptors (Lipinski definition) is 2. The first-order valence-electron chi connectivity index (χ1n) is 5.35. The van der Waals surface area contributed by atoms with Crippen LogP contribution in [-0.4, -0.2) is 11.3 Å². The lowest BCUT2D eigenvalue weighted by atomic mass is 10.2. The van der Waals surface area contributed by atoms with Gasteiger partial charge in [-0.15, -0.1) is 0 Å². The van der Waals surface area contributed by atoms with Crippen molar-refractivity contribution in [2.24, 2.45) is 4.99 Å². The van der Waals surface area contributed by atoms with Gasteiger partial charge in [-0.05, 0) is 64.3 Å². The molecule has 4 heteroatoms. The van der Waals surface area contributed by atoms with Crippen molar-refractivity contribution in [3.05, 3.63) is 57.0 Å². The summed E-state index contributed by atoms with van der Waals surface area (Å²) in [5, 5.41) is 10.1. The minimum absolute atomic E-state index is 0.213. The van der Waals surface area contributed by atoms with E-state index in [1.54, 1.807) is 24.4 Å². The third-order valence-corrected chi connectivity index (χ3v) is 3.53. The van der Waals surface area contributed by atoms with E-state index in [2.05, 4.69) is 20.9 Å². The van der Waals surface area contributed by atoms with Gasteiger partial charge in [0.15, 0.2) is 0 Å². The Bertz CT molecular complexity index is 557. The standard InChI is InChI=1S/C14H11BrClNO/c1-9-2-4-11(7-13(9)16)17-8-10-3-5-14(18)12(15)6-10/h2-8,18H,1H3. The maximum absolute atomic E-state index is 9.39. The largest absolute Gasteiger partial charge is 0.507 e. The molecule has 2 rings (SSSR count). The number of halogens is 2. The second-order valence-corrected chi connectivity index (χ2v) is 5.16. The van der Waals surface area contributed by atoms with E-state index in [1.807, 2.05) is 25.1 Å². The fraction of sp³-hybridized carbons (Fsp3) is 0.0714. The first-order valence-corrected chi connectivity index (χ1v) is 6.52. The lowest BCUT2D eigenvalue weighted by Crippen LogP contribution is -1.81. The van der Waals surface area contributed by atoms with Gasteiger partial charge >= 0.3 is 0 Å². The molecule has 1 N–H and O–H groups in total. The number of phenolic OH excluding ortho intramolecular Hbond substituents is 1. The molecule has 0 bridgehead atoms. The summed E-state index contributed by atoms with van der Waals surface area (Å²) < 4.78 is 0.647. The van der Waals surface area contributed by atoms with Gasteiger partial charge in [0.25, 0.3) is 0 Å². The zero-order valence-corrected chi connectivity index (χ0v) is 12.0. The highest BCUT2D eigenvalue weighted by Crippen LogP contribution is 2.25. The highest BCUT2D eigenvalue weighted by Gasteiger charge is 1.98. The lowest BCUT2D eigenvalue weighted by molar-refractivity contribution is 0.472. The van der Waals surface area contributed by atoms with Crippen LogP contribution in [0.1, 0.15) is 11.1 Å². The fourth-order valence-corrected chi connectivity index (χ4v) is 1.99. The first kappa shape index (κ1) is 13.1. The number of rotatable bonds is 2. The van der Waals surface area contributed by atoms with Gasteiger partial charge in [-0.25, -0.2) is 0 Å². The molecule has 2 aromatic rings. The molecule has 0 radical (unpaired) electrons. The van der Waals surface area contributed by atoms with Crippen molar-refractivity contribution < 1.29 is 5.11 Å². The number of hydrogen-bond donors (Lipinski definition) is 1. The molecule has 0 aromatic heterocycles. The van der Waals surface area contributed by atoms with Gasteiger partial charge in [0, 0.05) is 11.2 Å². The molecule has 0 aliphatic carbocycles. The molecule has 92 valence electrons. The zero-order chi connectivity index (χ0) is 13.1. The molecular formula is C14H11BrClNO. The Labute approximate surface area is 119 Å². The average Bonchev–Trinajstić information content (AvgIpc) is 2.35. The molecule has 2 aromatic carbocycles. The van der Waals surface area contributed by atoms with Gasteiger partial charge in [0.2, 0.25) is 0 Å². The number of aliphatic imine (C=N–C) groups is 1. The van der Waals surface area contributed by atoms with E-state index in [-0.39, 0.29) is 5.75 Å². The number of phenols is 1. The van der Waals surface area contributed by atoms with Crippen LogP contribution in [0.15, 0.2) is 45.9 Å². The lowest BCUT2D eigenvalue weighted by Gasteiger charge is -2.00. The van der Waals surface area contributed by atoms with Crippen LogP contribution in [0.5, 0.6) is 5.75 Å². The van der Waals surface area contributed by atoms with Crippen LogP contribution in [0.25, 0.3) is 0 Å². The van der Waals surface area contributed by atoms with Crippen molar-refractivity contribution in [3.8, 4) is 5.75 Å². The molecule has 18 heavy (non-hydrogen) atoms. The van der Waals surface area contributed by atoms with E-state index < -0.39 is 0 Å². The summed E-state index contributed by atoms with van der Waals surface area (Å²) in [5.41, 5.74) is 2.73. The minimum Gasteiger partial charge on any atom is -0.507 e. The van der Waals surface area contributed by atoms with Crippen molar-refractivity contribution in [2.75, 3.05) is 0 Å². The SMILES string of the molecule is Cc1ccc(N=Cc2ccc(O)c(Br)c2)cc1Cl. The highest BCUT2D eigenvalue weighted by molar-refractivity contribution is 9.10. The molecule has 0 saturated heterocycles. The van der Waals surface area contributed by atoms with Crippen LogP contribution in [0.3, 0.4) is 0 Å². The van der Waals surface area contributed by atoms with Crippen molar-refractivity contribution in [2.45, 2.75) is 6.92 Å². The molecule has 0 heterocycles. The van der Waals surface area contributed by atoms with Crippen molar-refractivity contribution in [3.63, 3.8) is 0 Å². The predicted octanol–water partition coefficient (Wildman–Crippen LogP) is 4.87. The van der Waals surface area contributed by atoms with Gasteiger partial charge < -0.3 is 5.11 Å². The third kappa shape index (κ3) is 3.12. The summed E-state index contributed by atoms with van der Waals surface area (Å²) in [6.45, 7) is 1.95. The Hall–Kier alpha value is -1.32. The van der Waals surface area contributed by atoms with E-state index in [9.17, 15) is 5.11 Å². The van der Waals surface area contributed by atoms with Crippen LogP contribution in [0.2, 0.25) is 5.02 Å². The van der Waals surface area contributed by atoms with Crippen LogP contribution in [0, 0.1) is 6.92 Å². The maximum atomic E-state index is 9.39. The fourth-order valence-electron chi connectivity index (χ4n) is 1.41. The summed E-state index contributed by atoms with van der Waals surface area (Å²) >= 11 is 9.29. The molecule has 0 unspecified atom stereocenters. The predicted molar refractivity (Wildman–Crippen MR) is 79.2 cm³/mol. The summed E-state index contributed by atoms with van der Waals surface area (Å²) in [6.07, 6.45) is 1.73. The smallest absolute Gasteiger partial charge is 0.129 e. The number of nitrogens with zero attached hydrogens (tertiary/aromatic N) is 1. The van der Waals surface area contributed by atoms with Crippen LogP contribution in [0.4, 0.5) is 5.69 Å². The van der Waals surface area contributed by atoms with E-state index in [4.69, 9.17) is 11.6 Å². The maximum Gasteiger partial charge on any atom is 0.129 e. The number of aryl methyl sites for hydroxylation is 1. The zero-order valence-electron chi connectivity index (χ0n) is 9.69. The molecule has 0 saturated carbocycles. The molecule has 0 amide bonds. The van der Waals surface area contributed by atoms with Crippen LogP contribution >= 0.6 is 27.5 Å². The van der Waals surface area contributed by atoms with Gasteiger partial charge in [-0.1, -0.05) is 17.7 Å². The summed E-state index contributed by atoms with van der Waals surface area (Å²) in [6, 6.07) is 10.9. The van der Waals surface area contributed by atoms with Gasteiger partial charge in [-0.2, -0.15) is 0 Å². The summed E-state index contributed by atoms with van der Waals surface area (Å²) in [7, 11) is 0. The monoisotopic (exact) mass is 323 g/mol. The topological polar surface area (TPSA) is 32.6 Å². The molecule has 0 spiro atoms. The van der Waals surface area contributed by atoms with Crippen LogP contribution < -0.4 is 0 Å². The minimum atomic E-state index is 0.213. The van der Waals surface area contributed by atoms with E-state index >= 15 is 0 Å². The molecule has 0 atom stereocenters. The first-order chi connectivity index (χ1) is 8.56. The summed E-state index contributed by atoms with van der Waals surface area (Å²) in [5.74, 6) is 0.213. The second-order valence-electron chi connectivity index (χ2n) is 3.90. The van der Waals surface area contributed by atoms with Crippen LogP contribution in [-0.2, 0) is 0 Å². The Kier molecular flexibility index (Phi) is 4.04. The molecular weight excluding hydrogens is 314 g/mol. The van der Waals surface area contributed by atoms with Crippen molar-refractivity contribution in [1.29, 1.82) is 0 Å². The van der Waals surface area contributed by atoms with Crippen molar-refractivity contribution >= 4 is 39.4 Å². The number of aromatic hydroxyl groups is 1. The third-order valence-electron chi connectivity index (χ3n) is 2.49. The van der Waals surface area contributed by atoms with Gasteiger partial charge in [0.05, 0.1) is 10.2 Å².